The van der Waals surface area contributed by atoms with E-state index in [-0.39, 0.29) is 0 Å². The Balaban J connectivity index is 2.05. The molecule has 0 amide bonds. The molecule has 16 heavy (non-hydrogen) atoms. The standard InChI is InChI=1S/C10H12BrN5/c1-7-3-9(12-4-8(7)11)13-5-10-15-14-6-16(10)2/h3-4,6H,5H2,1-2H3,(H,12,13). The Hall–Kier alpha value is -1.43. The van der Waals surface area contributed by atoms with E-state index in [1.54, 1.807) is 12.5 Å². The Labute approximate surface area is 102 Å². The van der Waals surface area contributed by atoms with Crippen LogP contribution in [-0.2, 0) is 13.6 Å². The Morgan fingerprint density at radius 2 is 2.31 bits per heavy atom. The summed E-state index contributed by atoms with van der Waals surface area (Å²) >= 11 is 3.41. The SMILES string of the molecule is Cc1cc(NCc2nncn2C)ncc1Br. The molecule has 0 spiro atoms. The van der Waals surface area contributed by atoms with Crippen molar-refractivity contribution in [2.75, 3.05) is 5.32 Å². The minimum absolute atomic E-state index is 0.616. The molecule has 0 bridgehead atoms. The van der Waals surface area contributed by atoms with E-state index in [1.807, 2.05) is 24.6 Å². The van der Waals surface area contributed by atoms with Crippen molar-refractivity contribution in [2.24, 2.45) is 7.05 Å². The highest BCUT2D eigenvalue weighted by Crippen LogP contribution is 2.17. The van der Waals surface area contributed by atoms with Gasteiger partial charge >= 0.3 is 0 Å². The minimum Gasteiger partial charge on any atom is -0.363 e. The van der Waals surface area contributed by atoms with Crippen LogP contribution in [0.25, 0.3) is 0 Å². The van der Waals surface area contributed by atoms with E-state index in [2.05, 4.69) is 36.4 Å². The molecule has 0 fully saturated rings. The molecule has 0 aliphatic heterocycles. The molecule has 2 aromatic rings. The van der Waals surface area contributed by atoms with Gasteiger partial charge in [0.1, 0.15) is 12.1 Å². The van der Waals surface area contributed by atoms with Crippen LogP contribution in [-0.4, -0.2) is 19.7 Å². The summed E-state index contributed by atoms with van der Waals surface area (Å²) in [6.07, 6.45) is 3.46. The number of hydrogen-bond donors (Lipinski definition) is 1. The molecule has 0 atom stereocenters. The summed E-state index contributed by atoms with van der Waals surface area (Å²) in [6, 6.07) is 1.99. The van der Waals surface area contributed by atoms with Gasteiger partial charge in [-0.25, -0.2) is 4.98 Å². The van der Waals surface area contributed by atoms with E-state index in [0.29, 0.717) is 6.54 Å². The quantitative estimate of drug-likeness (QED) is 0.934. The number of anilines is 1. The molecule has 6 heteroatoms. The third kappa shape index (κ3) is 2.38. The van der Waals surface area contributed by atoms with Gasteiger partial charge in [0.2, 0.25) is 0 Å². The second-order valence-corrected chi connectivity index (χ2v) is 4.38. The number of nitrogens with zero attached hydrogens (tertiary/aromatic N) is 4. The molecule has 2 aromatic heterocycles. The zero-order valence-corrected chi connectivity index (χ0v) is 10.7. The van der Waals surface area contributed by atoms with Gasteiger partial charge in [0.05, 0.1) is 6.54 Å². The molecule has 0 saturated carbocycles. The molecule has 0 saturated heterocycles. The van der Waals surface area contributed by atoms with Crippen LogP contribution in [0.3, 0.4) is 0 Å². The number of aromatic nitrogens is 4. The van der Waals surface area contributed by atoms with Gasteiger partial charge in [-0.2, -0.15) is 0 Å². The summed E-state index contributed by atoms with van der Waals surface area (Å²) in [4.78, 5) is 4.25. The molecule has 0 aliphatic carbocycles. The normalized spacial score (nSPS) is 10.4. The molecule has 0 aromatic carbocycles. The number of halogens is 1. The number of nitrogens with one attached hydrogen (secondary N) is 1. The Kier molecular flexibility index (Phi) is 3.19. The van der Waals surface area contributed by atoms with E-state index in [4.69, 9.17) is 0 Å². The number of hydrogen-bond acceptors (Lipinski definition) is 4. The summed E-state index contributed by atoms with van der Waals surface area (Å²) in [5.41, 5.74) is 1.15. The first-order valence-electron chi connectivity index (χ1n) is 4.85. The van der Waals surface area contributed by atoms with Crippen LogP contribution in [0.5, 0.6) is 0 Å². The topological polar surface area (TPSA) is 55.6 Å². The first kappa shape index (κ1) is 11.1. The van der Waals surface area contributed by atoms with Crippen LogP contribution < -0.4 is 5.32 Å². The van der Waals surface area contributed by atoms with E-state index in [9.17, 15) is 0 Å². The molecule has 1 N–H and O–H groups in total. The van der Waals surface area contributed by atoms with Crippen LogP contribution >= 0.6 is 15.9 Å². The van der Waals surface area contributed by atoms with Crippen LogP contribution in [0, 0.1) is 6.92 Å². The predicted molar refractivity (Wildman–Crippen MR) is 65.0 cm³/mol. The fraction of sp³-hybridized carbons (Fsp3) is 0.300. The second-order valence-electron chi connectivity index (χ2n) is 3.53. The third-order valence-corrected chi connectivity index (χ3v) is 3.11. The number of rotatable bonds is 3. The summed E-state index contributed by atoms with van der Waals surface area (Å²) in [7, 11) is 1.91. The van der Waals surface area contributed by atoms with Crippen LogP contribution in [0.4, 0.5) is 5.82 Å². The molecule has 0 unspecified atom stereocenters. The zero-order chi connectivity index (χ0) is 11.5. The lowest BCUT2D eigenvalue weighted by molar-refractivity contribution is 0.810. The molecule has 5 nitrogen and oxygen atoms in total. The fourth-order valence-electron chi connectivity index (χ4n) is 1.27. The highest BCUT2D eigenvalue weighted by molar-refractivity contribution is 9.10. The lowest BCUT2D eigenvalue weighted by Gasteiger charge is -2.06. The van der Waals surface area contributed by atoms with Gasteiger partial charge in [0.15, 0.2) is 5.82 Å². The van der Waals surface area contributed by atoms with Crippen molar-refractivity contribution in [1.29, 1.82) is 0 Å². The van der Waals surface area contributed by atoms with E-state index < -0.39 is 0 Å². The van der Waals surface area contributed by atoms with Gasteiger partial charge in [0.25, 0.3) is 0 Å². The van der Waals surface area contributed by atoms with Crippen LogP contribution in [0.1, 0.15) is 11.4 Å². The summed E-state index contributed by atoms with van der Waals surface area (Å²) < 4.78 is 2.88. The number of pyridine rings is 1. The third-order valence-electron chi connectivity index (χ3n) is 2.28. The van der Waals surface area contributed by atoms with Gasteiger partial charge in [-0.1, -0.05) is 0 Å². The van der Waals surface area contributed by atoms with Crippen molar-refractivity contribution in [3.63, 3.8) is 0 Å². The van der Waals surface area contributed by atoms with Gasteiger partial charge in [0, 0.05) is 17.7 Å². The number of aryl methyl sites for hydroxylation is 2. The maximum Gasteiger partial charge on any atom is 0.151 e. The zero-order valence-electron chi connectivity index (χ0n) is 9.11. The van der Waals surface area contributed by atoms with Crippen LogP contribution in [0.15, 0.2) is 23.1 Å². The fourth-order valence-corrected chi connectivity index (χ4v) is 1.49. The van der Waals surface area contributed by atoms with Gasteiger partial charge in [-0.3, -0.25) is 0 Å². The second kappa shape index (κ2) is 4.61. The minimum atomic E-state index is 0.616. The maximum atomic E-state index is 4.25. The maximum absolute atomic E-state index is 4.25. The first-order chi connectivity index (χ1) is 7.66. The largest absolute Gasteiger partial charge is 0.363 e. The van der Waals surface area contributed by atoms with E-state index in [0.717, 1.165) is 21.7 Å². The van der Waals surface area contributed by atoms with Crippen molar-refractivity contribution in [2.45, 2.75) is 13.5 Å². The van der Waals surface area contributed by atoms with Crippen molar-refractivity contribution in [3.8, 4) is 0 Å². The highest BCUT2D eigenvalue weighted by atomic mass is 79.9. The van der Waals surface area contributed by atoms with Crippen molar-refractivity contribution in [3.05, 3.63) is 34.5 Å². The predicted octanol–water partition coefficient (Wildman–Crippen LogP) is 1.89. The average Bonchev–Trinajstić information content (AvgIpc) is 2.66. The summed E-state index contributed by atoms with van der Waals surface area (Å²) in [6.45, 7) is 2.64. The highest BCUT2D eigenvalue weighted by Gasteiger charge is 2.02. The smallest absolute Gasteiger partial charge is 0.151 e. The van der Waals surface area contributed by atoms with E-state index >= 15 is 0 Å². The molecular weight excluding hydrogens is 270 g/mol. The lowest BCUT2D eigenvalue weighted by Crippen LogP contribution is -2.06. The van der Waals surface area contributed by atoms with Gasteiger partial charge in [-0.15, -0.1) is 10.2 Å². The summed E-state index contributed by atoms with van der Waals surface area (Å²) in [5.74, 6) is 1.71. The lowest BCUT2D eigenvalue weighted by atomic mass is 10.3. The van der Waals surface area contributed by atoms with Crippen LogP contribution in [0.2, 0.25) is 0 Å². The summed E-state index contributed by atoms with van der Waals surface area (Å²) in [5, 5.41) is 11.0. The molecular formula is C10H12BrN5. The molecule has 84 valence electrons. The molecule has 0 radical (unpaired) electrons. The Morgan fingerprint density at radius 3 is 2.94 bits per heavy atom. The van der Waals surface area contributed by atoms with Gasteiger partial charge in [-0.05, 0) is 34.5 Å². The van der Waals surface area contributed by atoms with Crippen molar-refractivity contribution in [1.82, 2.24) is 19.7 Å². The Morgan fingerprint density at radius 1 is 1.50 bits per heavy atom. The first-order valence-corrected chi connectivity index (χ1v) is 5.65. The molecule has 0 aliphatic rings. The van der Waals surface area contributed by atoms with Crippen molar-refractivity contribution < 1.29 is 0 Å². The molecule has 2 rings (SSSR count). The van der Waals surface area contributed by atoms with E-state index in [1.165, 1.54) is 0 Å². The van der Waals surface area contributed by atoms with Crippen molar-refractivity contribution >= 4 is 21.7 Å². The Bertz CT molecular complexity index is 494. The molecule has 2 heterocycles. The monoisotopic (exact) mass is 281 g/mol. The van der Waals surface area contributed by atoms with Gasteiger partial charge < -0.3 is 9.88 Å². The average molecular weight is 282 g/mol.